The van der Waals surface area contributed by atoms with E-state index in [1.165, 1.54) is 6.26 Å². The molecule has 106 valence electrons. The van der Waals surface area contributed by atoms with Crippen LogP contribution in [0.15, 0.2) is 23.2 Å². The van der Waals surface area contributed by atoms with E-state index in [1.807, 2.05) is 4.90 Å². The van der Waals surface area contributed by atoms with Crippen LogP contribution in [0, 0.1) is 0 Å². The Kier molecular flexibility index (Phi) is 4.42. The molecule has 0 spiro atoms. The molecule has 0 aromatic carbocycles. The van der Waals surface area contributed by atoms with Crippen LogP contribution in [0.5, 0.6) is 0 Å². The van der Waals surface area contributed by atoms with Gasteiger partial charge in [0, 0.05) is 19.0 Å². The minimum Gasteiger partial charge on any atom is -0.394 e. The van der Waals surface area contributed by atoms with Crippen molar-refractivity contribution in [2.24, 2.45) is 0 Å². The number of aliphatic hydroxyl groups excluding tert-OH is 1. The Morgan fingerprint density at radius 3 is 2.89 bits per heavy atom. The molecule has 1 saturated heterocycles. The van der Waals surface area contributed by atoms with Gasteiger partial charge in [0.1, 0.15) is 10.7 Å². The van der Waals surface area contributed by atoms with Gasteiger partial charge in [-0.05, 0) is 25.0 Å². The van der Waals surface area contributed by atoms with Crippen molar-refractivity contribution in [3.8, 4) is 0 Å². The third kappa shape index (κ3) is 3.25. The van der Waals surface area contributed by atoms with Crippen molar-refractivity contribution >= 4 is 15.7 Å². The van der Waals surface area contributed by atoms with E-state index in [-0.39, 0.29) is 17.5 Å². The van der Waals surface area contributed by atoms with E-state index in [0.29, 0.717) is 5.82 Å². The molecular weight excluding hydrogens is 264 g/mol. The number of nitrogens with zero attached hydrogens (tertiary/aromatic N) is 2. The average molecular weight is 284 g/mol. The number of pyridine rings is 1. The van der Waals surface area contributed by atoms with E-state index in [2.05, 4.69) is 4.98 Å². The van der Waals surface area contributed by atoms with Crippen LogP contribution in [0.2, 0.25) is 0 Å². The maximum atomic E-state index is 11.8. The second-order valence-electron chi connectivity index (χ2n) is 4.98. The lowest BCUT2D eigenvalue weighted by molar-refractivity contribution is 0.254. The van der Waals surface area contributed by atoms with E-state index in [0.717, 1.165) is 32.2 Å². The Hall–Kier alpha value is -1.14. The first kappa shape index (κ1) is 14.3. The molecule has 0 saturated carbocycles. The quantitative estimate of drug-likeness (QED) is 0.904. The molecule has 1 fully saturated rings. The Balaban J connectivity index is 2.44. The van der Waals surface area contributed by atoms with Gasteiger partial charge in [-0.1, -0.05) is 12.8 Å². The van der Waals surface area contributed by atoms with Crippen LogP contribution in [-0.2, 0) is 9.84 Å². The molecule has 1 aromatic heterocycles. The number of aromatic nitrogens is 1. The predicted octanol–water partition coefficient (Wildman–Crippen LogP) is 1.23. The summed E-state index contributed by atoms with van der Waals surface area (Å²) in [4.78, 5) is 6.44. The van der Waals surface area contributed by atoms with E-state index in [4.69, 9.17) is 0 Å². The minimum absolute atomic E-state index is 0.0276. The zero-order valence-electron chi connectivity index (χ0n) is 11.1. The van der Waals surface area contributed by atoms with Gasteiger partial charge in [-0.2, -0.15) is 0 Å². The molecule has 1 unspecified atom stereocenters. The van der Waals surface area contributed by atoms with Crippen LogP contribution < -0.4 is 4.90 Å². The van der Waals surface area contributed by atoms with E-state index < -0.39 is 9.84 Å². The zero-order chi connectivity index (χ0) is 13.9. The second-order valence-corrected chi connectivity index (χ2v) is 6.96. The zero-order valence-corrected chi connectivity index (χ0v) is 11.9. The number of hydrogen-bond donors (Lipinski definition) is 1. The number of aliphatic hydroxyl groups is 1. The monoisotopic (exact) mass is 284 g/mol. The normalized spacial score (nSPS) is 21.2. The van der Waals surface area contributed by atoms with Crippen LogP contribution in [0.4, 0.5) is 5.82 Å². The van der Waals surface area contributed by atoms with Crippen molar-refractivity contribution in [2.45, 2.75) is 36.6 Å². The SMILES string of the molecule is CS(=O)(=O)c1cccnc1N1CCCCCC1CO. The fraction of sp³-hybridized carbons (Fsp3) is 0.615. The molecule has 0 amide bonds. The maximum absolute atomic E-state index is 11.8. The molecule has 1 aliphatic rings. The summed E-state index contributed by atoms with van der Waals surface area (Å²) in [5, 5.41) is 9.52. The van der Waals surface area contributed by atoms with Gasteiger partial charge in [0.25, 0.3) is 0 Å². The first-order valence-corrected chi connectivity index (χ1v) is 8.46. The molecular formula is C13H20N2O3S. The van der Waals surface area contributed by atoms with Crippen molar-refractivity contribution < 1.29 is 13.5 Å². The fourth-order valence-corrected chi connectivity index (χ4v) is 3.36. The van der Waals surface area contributed by atoms with Crippen LogP contribution in [-0.4, -0.2) is 44.0 Å². The molecule has 0 bridgehead atoms. The molecule has 1 N–H and O–H groups in total. The molecule has 0 aliphatic carbocycles. The standard InChI is InChI=1S/C13H20N2O3S/c1-19(17,18)12-7-5-8-14-13(12)15-9-4-2-3-6-11(15)10-16/h5,7-8,11,16H,2-4,6,9-10H2,1H3. The number of sulfone groups is 1. The molecule has 1 atom stereocenters. The summed E-state index contributed by atoms with van der Waals surface area (Å²) < 4.78 is 23.7. The number of hydrogen-bond acceptors (Lipinski definition) is 5. The topological polar surface area (TPSA) is 70.5 Å². The number of rotatable bonds is 3. The average Bonchev–Trinajstić information content (AvgIpc) is 2.62. The first-order valence-electron chi connectivity index (χ1n) is 6.56. The summed E-state index contributed by atoms with van der Waals surface area (Å²) in [7, 11) is -3.31. The molecule has 5 nitrogen and oxygen atoms in total. The highest BCUT2D eigenvalue weighted by Crippen LogP contribution is 2.27. The van der Waals surface area contributed by atoms with E-state index in [1.54, 1.807) is 18.3 Å². The second kappa shape index (κ2) is 5.88. The van der Waals surface area contributed by atoms with Crippen LogP contribution in [0.25, 0.3) is 0 Å². The third-order valence-corrected chi connectivity index (χ3v) is 4.63. The molecule has 6 heteroatoms. The van der Waals surface area contributed by atoms with Crippen molar-refractivity contribution in [2.75, 3.05) is 24.3 Å². The van der Waals surface area contributed by atoms with Gasteiger partial charge in [-0.15, -0.1) is 0 Å². The Labute approximate surface area is 114 Å². The summed E-state index contributed by atoms with van der Waals surface area (Å²) in [5.74, 6) is 0.478. The summed E-state index contributed by atoms with van der Waals surface area (Å²) in [6, 6.07) is 3.17. The lowest BCUT2D eigenvalue weighted by atomic mass is 10.1. The predicted molar refractivity (Wildman–Crippen MR) is 74.0 cm³/mol. The summed E-state index contributed by atoms with van der Waals surface area (Å²) in [6.07, 6.45) is 6.83. The summed E-state index contributed by atoms with van der Waals surface area (Å²) in [6.45, 7) is 0.768. The van der Waals surface area contributed by atoms with Crippen molar-refractivity contribution in [3.63, 3.8) is 0 Å². The molecule has 2 rings (SSSR count). The molecule has 1 aromatic rings. The highest BCUT2D eigenvalue weighted by molar-refractivity contribution is 7.90. The minimum atomic E-state index is -3.31. The summed E-state index contributed by atoms with van der Waals surface area (Å²) >= 11 is 0. The fourth-order valence-electron chi connectivity index (χ4n) is 2.53. The van der Waals surface area contributed by atoms with Crippen LogP contribution in [0.3, 0.4) is 0 Å². The van der Waals surface area contributed by atoms with Crippen LogP contribution >= 0.6 is 0 Å². The molecule has 1 aliphatic heterocycles. The van der Waals surface area contributed by atoms with Gasteiger partial charge >= 0.3 is 0 Å². The van der Waals surface area contributed by atoms with Gasteiger partial charge in [-0.25, -0.2) is 13.4 Å². The van der Waals surface area contributed by atoms with Crippen molar-refractivity contribution in [3.05, 3.63) is 18.3 Å². The van der Waals surface area contributed by atoms with Crippen molar-refractivity contribution in [1.29, 1.82) is 0 Å². The maximum Gasteiger partial charge on any atom is 0.179 e. The largest absolute Gasteiger partial charge is 0.394 e. The highest BCUT2D eigenvalue weighted by atomic mass is 32.2. The Morgan fingerprint density at radius 1 is 1.42 bits per heavy atom. The lowest BCUT2D eigenvalue weighted by Gasteiger charge is -2.30. The molecule has 2 heterocycles. The first-order chi connectivity index (χ1) is 9.04. The van der Waals surface area contributed by atoms with Crippen LogP contribution in [0.1, 0.15) is 25.7 Å². The van der Waals surface area contributed by atoms with Gasteiger partial charge < -0.3 is 10.0 Å². The van der Waals surface area contributed by atoms with Gasteiger partial charge in [0.05, 0.1) is 12.6 Å². The van der Waals surface area contributed by atoms with Gasteiger partial charge in [0.2, 0.25) is 0 Å². The third-order valence-electron chi connectivity index (χ3n) is 3.51. The Morgan fingerprint density at radius 2 is 2.21 bits per heavy atom. The van der Waals surface area contributed by atoms with Gasteiger partial charge in [-0.3, -0.25) is 0 Å². The van der Waals surface area contributed by atoms with Gasteiger partial charge in [0.15, 0.2) is 9.84 Å². The molecule has 19 heavy (non-hydrogen) atoms. The van der Waals surface area contributed by atoms with Crippen molar-refractivity contribution in [1.82, 2.24) is 4.98 Å². The Bertz CT molecular complexity index is 530. The smallest absolute Gasteiger partial charge is 0.179 e. The van der Waals surface area contributed by atoms with E-state index in [9.17, 15) is 13.5 Å². The molecule has 0 radical (unpaired) electrons. The summed E-state index contributed by atoms with van der Waals surface area (Å²) in [5.41, 5.74) is 0. The number of anilines is 1. The van der Waals surface area contributed by atoms with E-state index >= 15 is 0 Å². The lowest BCUT2D eigenvalue weighted by Crippen LogP contribution is -2.39. The highest BCUT2D eigenvalue weighted by Gasteiger charge is 2.26.